The molecule has 0 fully saturated rings. The Labute approximate surface area is 99.3 Å². The number of ether oxygens (including phenoxy) is 2. The first-order valence-corrected chi connectivity index (χ1v) is 5.89. The molecule has 0 heterocycles. The molecule has 0 rings (SSSR count). The van der Waals surface area contributed by atoms with E-state index in [0.29, 0.717) is 19.2 Å². The number of methoxy groups -OCH3 is 1. The van der Waals surface area contributed by atoms with E-state index in [4.69, 9.17) is 9.47 Å². The number of hydrogen-bond acceptors (Lipinski definition) is 4. The highest BCUT2D eigenvalue weighted by Gasteiger charge is 2.13. The van der Waals surface area contributed by atoms with Gasteiger partial charge in [0.2, 0.25) is 0 Å². The average molecular weight is 233 g/mol. The maximum atomic E-state index is 9.67. The topological polar surface area (TPSA) is 50.7 Å². The summed E-state index contributed by atoms with van der Waals surface area (Å²) in [6.45, 7) is 9.69. The van der Waals surface area contributed by atoms with Gasteiger partial charge in [0, 0.05) is 26.3 Å². The van der Waals surface area contributed by atoms with Crippen molar-refractivity contribution in [2.24, 2.45) is 0 Å². The molecule has 4 heteroatoms. The van der Waals surface area contributed by atoms with Crippen molar-refractivity contribution in [2.45, 2.75) is 51.9 Å². The van der Waals surface area contributed by atoms with Gasteiger partial charge in [-0.25, -0.2) is 0 Å². The smallest absolute Gasteiger partial charge is 0.0898 e. The second-order valence-electron chi connectivity index (χ2n) is 5.17. The normalized spacial score (nSPS) is 16.1. The van der Waals surface area contributed by atoms with Crippen molar-refractivity contribution >= 4 is 0 Å². The molecule has 0 bridgehead atoms. The highest BCUT2D eigenvalue weighted by atomic mass is 16.5. The van der Waals surface area contributed by atoms with Crippen LogP contribution in [0.3, 0.4) is 0 Å². The van der Waals surface area contributed by atoms with Crippen LogP contribution in [0.1, 0.15) is 34.1 Å². The van der Waals surface area contributed by atoms with Gasteiger partial charge in [-0.3, -0.25) is 0 Å². The fourth-order valence-electron chi connectivity index (χ4n) is 1.14. The molecule has 16 heavy (non-hydrogen) atoms. The van der Waals surface area contributed by atoms with Gasteiger partial charge in [0.25, 0.3) is 0 Å². The predicted octanol–water partition coefficient (Wildman–Crippen LogP) is 1.18. The average Bonchev–Trinajstić information content (AvgIpc) is 2.19. The molecule has 4 nitrogen and oxygen atoms in total. The zero-order valence-electron chi connectivity index (χ0n) is 11.2. The van der Waals surface area contributed by atoms with Gasteiger partial charge in [-0.05, 0) is 34.1 Å². The van der Waals surface area contributed by atoms with Crippen LogP contribution in [0, 0.1) is 0 Å². The van der Waals surface area contributed by atoms with Crippen LogP contribution in [0.2, 0.25) is 0 Å². The van der Waals surface area contributed by atoms with Crippen LogP contribution in [0.4, 0.5) is 0 Å². The summed E-state index contributed by atoms with van der Waals surface area (Å²) in [4.78, 5) is 0. The van der Waals surface area contributed by atoms with Crippen LogP contribution < -0.4 is 5.32 Å². The van der Waals surface area contributed by atoms with E-state index in [9.17, 15) is 5.11 Å². The van der Waals surface area contributed by atoms with Gasteiger partial charge >= 0.3 is 0 Å². The summed E-state index contributed by atoms with van der Waals surface area (Å²) in [6, 6.07) is 0.351. The second-order valence-corrected chi connectivity index (χ2v) is 5.17. The third kappa shape index (κ3) is 10.4. The first-order valence-electron chi connectivity index (χ1n) is 5.89. The molecule has 0 aromatic rings. The van der Waals surface area contributed by atoms with Crippen LogP contribution in [0.5, 0.6) is 0 Å². The Morgan fingerprint density at radius 1 is 1.31 bits per heavy atom. The summed E-state index contributed by atoms with van der Waals surface area (Å²) >= 11 is 0. The molecule has 0 aromatic carbocycles. The van der Waals surface area contributed by atoms with Gasteiger partial charge in [-0.1, -0.05) is 0 Å². The molecular formula is C12H27NO3. The minimum atomic E-state index is -0.454. The van der Waals surface area contributed by atoms with Crippen molar-refractivity contribution in [1.82, 2.24) is 5.32 Å². The van der Waals surface area contributed by atoms with Crippen LogP contribution in [-0.2, 0) is 9.47 Å². The molecule has 0 saturated heterocycles. The molecule has 0 aliphatic rings. The fraction of sp³-hybridized carbons (Fsp3) is 1.00. The fourth-order valence-corrected chi connectivity index (χ4v) is 1.14. The highest BCUT2D eigenvalue weighted by Crippen LogP contribution is 2.06. The minimum Gasteiger partial charge on any atom is -0.389 e. The first-order chi connectivity index (χ1) is 7.35. The third-order valence-electron chi connectivity index (χ3n) is 2.17. The second kappa shape index (κ2) is 8.01. The Morgan fingerprint density at radius 2 is 1.94 bits per heavy atom. The van der Waals surface area contributed by atoms with E-state index in [0.717, 1.165) is 13.0 Å². The summed E-state index contributed by atoms with van der Waals surface area (Å²) in [7, 11) is 1.69. The SMILES string of the molecule is COCCC(C)NCC(O)COC(C)(C)C. The van der Waals surface area contributed by atoms with E-state index in [1.165, 1.54) is 0 Å². The number of rotatable bonds is 8. The van der Waals surface area contributed by atoms with Crippen molar-refractivity contribution in [2.75, 3.05) is 26.9 Å². The van der Waals surface area contributed by atoms with E-state index >= 15 is 0 Å². The van der Waals surface area contributed by atoms with E-state index in [1.54, 1.807) is 7.11 Å². The monoisotopic (exact) mass is 233 g/mol. The lowest BCUT2D eigenvalue weighted by molar-refractivity contribution is -0.0483. The van der Waals surface area contributed by atoms with Gasteiger partial charge in [0.1, 0.15) is 0 Å². The number of aliphatic hydroxyl groups excluding tert-OH is 1. The molecule has 98 valence electrons. The summed E-state index contributed by atoms with van der Waals surface area (Å²) in [5.41, 5.74) is -0.192. The molecule has 0 spiro atoms. The molecular weight excluding hydrogens is 206 g/mol. The molecule has 2 N–H and O–H groups in total. The van der Waals surface area contributed by atoms with Crippen molar-refractivity contribution in [3.8, 4) is 0 Å². The lowest BCUT2D eigenvalue weighted by Gasteiger charge is -2.23. The summed E-state index contributed by atoms with van der Waals surface area (Å²) < 4.78 is 10.5. The first kappa shape index (κ1) is 15.8. The Morgan fingerprint density at radius 3 is 2.44 bits per heavy atom. The predicted molar refractivity (Wildman–Crippen MR) is 65.7 cm³/mol. The molecule has 0 amide bonds. The van der Waals surface area contributed by atoms with E-state index < -0.39 is 6.10 Å². The molecule has 0 aliphatic carbocycles. The van der Waals surface area contributed by atoms with Gasteiger partial charge in [0.05, 0.1) is 18.3 Å². The van der Waals surface area contributed by atoms with Crippen molar-refractivity contribution in [3.05, 3.63) is 0 Å². The van der Waals surface area contributed by atoms with E-state index in [1.807, 2.05) is 20.8 Å². The molecule has 2 atom stereocenters. The largest absolute Gasteiger partial charge is 0.389 e. The zero-order chi connectivity index (χ0) is 12.6. The molecule has 2 unspecified atom stereocenters. The molecule has 0 aliphatic heterocycles. The number of hydrogen-bond donors (Lipinski definition) is 2. The third-order valence-corrected chi connectivity index (χ3v) is 2.17. The van der Waals surface area contributed by atoms with Crippen molar-refractivity contribution < 1.29 is 14.6 Å². The minimum absolute atomic E-state index is 0.192. The number of aliphatic hydroxyl groups is 1. The quantitative estimate of drug-likeness (QED) is 0.661. The lowest BCUT2D eigenvalue weighted by atomic mass is 10.2. The van der Waals surface area contributed by atoms with Crippen LogP contribution in [-0.4, -0.2) is 49.7 Å². The maximum Gasteiger partial charge on any atom is 0.0898 e. The maximum absolute atomic E-state index is 9.67. The molecule has 0 aromatic heterocycles. The van der Waals surface area contributed by atoms with E-state index in [-0.39, 0.29) is 5.60 Å². The summed E-state index contributed by atoms with van der Waals surface area (Å²) in [6.07, 6.45) is 0.493. The number of nitrogens with one attached hydrogen (secondary N) is 1. The van der Waals surface area contributed by atoms with E-state index in [2.05, 4.69) is 12.2 Å². The Balaban J connectivity index is 3.53. The van der Waals surface area contributed by atoms with Crippen molar-refractivity contribution in [3.63, 3.8) is 0 Å². The zero-order valence-corrected chi connectivity index (χ0v) is 11.2. The Kier molecular flexibility index (Phi) is 7.93. The van der Waals surface area contributed by atoms with Gasteiger partial charge in [-0.2, -0.15) is 0 Å². The van der Waals surface area contributed by atoms with Gasteiger partial charge in [0.15, 0.2) is 0 Å². The van der Waals surface area contributed by atoms with Gasteiger partial charge < -0.3 is 19.9 Å². The summed E-state index contributed by atoms with van der Waals surface area (Å²) in [5.74, 6) is 0. The van der Waals surface area contributed by atoms with Crippen LogP contribution >= 0.6 is 0 Å². The summed E-state index contributed by atoms with van der Waals surface area (Å²) in [5, 5.41) is 12.9. The highest BCUT2D eigenvalue weighted by molar-refractivity contribution is 4.67. The lowest BCUT2D eigenvalue weighted by Crippen LogP contribution is -2.38. The Bertz CT molecular complexity index is 168. The van der Waals surface area contributed by atoms with Gasteiger partial charge in [-0.15, -0.1) is 0 Å². The Hall–Kier alpha value is -0.160. The van der Waals surface area contributed by atoms with Crippen LogP contribution in [0.25, 0.3) is 0 Å². The standard InChI is InChI=1S/C12H27NO3/c1-10(6-7-15-5)13-8-11(14)9-16-12(2,3)4/h10-11,13-14H,6-9H2,1-5H3. The molecule has 0 radical (unpaired) electrons. The van der Waals surface area contributed by atoms with Crippen LogP contribution in [0.15, 0.2) is 0 Å². The van der Waals surface area contributed by atoms with Crippen molar-refractivity contribution in [1.29, 1.82) is 0 Å². The molecule has 0 saturated carbocycles.